The molecule has 0 atom stereocenters. The molecule has 4 heteroatoms. The highest BCUT2D eigenvalue weighted by Crippen LogP contribution is 2.02. The SMILES string of the molecule is Cc1ccc(C(=O)NCCNCCN(C)C)cc1. The van der Waals surface area contributed by atoms with E-state index in [1.54, 1.807) is 0 Å². The smallest absolute Gasteiger partial charge is 0.251 e. The van der Waals surface area contributed by atoms with Gasteiger partial charge in [-0.3, -0.25) is 4.79 Å². The first-order valence-electron chi connectivity index (χ1n) is 6.30. The van der Waals surface area contributed by atoms with Gasteiger partial charge >= 0.3 is 0 Å². The number of nitrogens with one attached hydrogen (secondary N) is 2. The van der Waals surface area contributed by atoms with Crippen LogP contribution < -0.4 is 10.6 Å². The van der Waals surface area contributed by atoms with Crippen LogP contribution in [0.15, 0.2) is 24.3 Å². The second-order valence-corrected chi connectivity index (χ2v) is 4.68. The molecule has 1 rings (SSSR count). The van der Waals surface area contributed by atoms with Crippen molar-refractivity contribution in [3.8, 4) is 0 Å². The third-order valence-corrected chi connectivity index (χ3v) is 2.64. The van der Waals surface area contributed by atoms with E-state index in [1.807, 2.05) is 45.3 Å². The van der Waals surface area contributed by atoms with Gasteiger partial charge < -0.3 is 15.5 Å². The molecule has 0 aliphatic heterocycles. The van der Waals surface area contributed by atoms with E-state index in [1.165, 1.54) is 0 Å². The molecule has 4 nitrogen and oxygen atoms in total. The second kappa shape index (κ2) is 7.84. The Morgan fingerprint density at radius 1 is 1.11 bits per heavy atom. The largest absolute Gasteiger partial charge is 0.351 e. The first kappa shape index (κ1) is 14.7. The average Bonchev–Trinajstić information content (AvgIpc) is 2.34. The van der Waals surface area contributed by atoms with Crippen LogP contribution in [0.25, 0.3) is 0 Å². The third-order valence-electron chi connectivity index (χ3n) is 2.64. The molecule has 2 N–H and O–H groups in total. The molecule has 0 heterocycles. The minimum atomic E-state index is -0.00981. The highest BCUT2D eigenvalue weighted by Gasteiger charge is 2.03. The van der Waals surface area contributed by atoms with Crippen molar-refractivity contribution in [2.75, 3.05) is 40.3 Å². The maximum Gasteiger partial charge on any atom is 0.251 e. The summed E-state index contributed by atoms with van der Waals surface area (Å²) < 4.78 is 0. The van der Waals surface area contributed by atoms with Crippen molar-refractivity contribution in [3.63, 3.8) is 0 Å². The minimum absolute atomic E-state index is 0.00981. The second-order valence-electron chi connectivity index (χ2n) is 4.68. The third kappa shape index (κ3) is 5.80. The fourth-order valence-corrected chi connectivity index (χ4v) is 1.50. The summed E-state index contributed by atoms with van der Waals surface area (Å²) in [5.74, 6) is -0.00981. The molecule has 1 aromatic rings. The van der Waals surface area contributed by atoms with Gasteiger partial charge in [0.25, 0.3) is 5.91 Å². The molecule has 0 unspecified atom stereocenters. The van der Waals surface area contributed by atoms with Gasteiger partial charge in [-0.05, 0) is 33.2 Å². The van der Waals surface area contributed by atoms with Gasteiger partial charge in [-0.2, -0.15) is 0 Å². The highest BCUT2D eigenvalue weighted by atomic mass is 16.1. The van der Waals surface area contributed by atoms with Crippen molar-refractivity contribution in [3.05, 3.63) is 35.4 Å². The van der Waals surface area contributed by atoms with Crippen LogP contribution in [0.3, 0.4) is 0 Å². The van der Waals surface area contributed by atoms with Crippen LogP contribution in [-0.2, 0) is 0 Å². The molecular formula is C14H23N3O. The Morgan fingerprint density at radius 2 is 1.78 bits per heavy atom. The highest BCUT2D eigenvalue weighted by molar-refractivity contribution is 5.94. The molecule has 0 fully saturated rings. The van der Waals surface area contributed by atoms with E-state index in [9.17, 15) is 4.79 Å². The zero-order chi connectivity index (χ0) is 13.4. The molecule has 0 bridgehead atoms. The fraction of sp³-hybridized carbons (Fsp3) is 0.500. The van der Waals surface area contributed by atoms with E-state index >= 15 is 0 Å². The van der Waals surface area contributed by atoms with E-state index in [0.29, 0.717) is 12.1 Å². The molecular weight excluding hydrogens is 226 g/mol. The quantitative estimate of drug-likeness (QED) is 0.705. The molecule has 18 heavy (non-hydrogen) atoms. The summed E-state index contributed by atoms with van der Waals surface area (Å²) in [6, 6.07) is 7.60. The Morgan fingerprint density at radius 3 is 2.39 bits per heavy atom. The van der Waals surface area contributed by atoms with Crippen molar-refractivity contribution in [2.24, 2.45) is 0 Å². The van der Waals surface area contributed by atoms with Crippen molar-refractivity contribution >= 4 is 5.91 Å². The molecule has 1 aromatic carbocycles. The molecule has 0 spiro atoms. The van der Waals surface area contributed by atoms with Crippen LogP contribution in [-0.4, -0.2) is 51.1 Å². The van der Waals surface area contributed by atoms with Crippen molar-refractivity contribution in [2.45, 2.75) is 6.92 Å². The molecule has 100 valence electrons. The van der Waals surface area contributed by atoms with Gasteiger partial charge in [0, 0.05) is 31.7 Å². The van der Waals surface area contributed by atoms with Crippen LogP contribution in [0, 0.1) is 6.92 Å². The topological polar surface area (TPSA) is 44.4 Å². The molecule has 0 aromatic heterocycles. The van der Waals surface area contributed by atoms with E-state index in [4.69, 9.17) is 0 Å². The monoisotopic (exact) mass is 249 g/mol. The Balaban J connectivity index is 2.16. The van der Waals surface area contributed by atoms with Crippen molar-refractivity contribution in [1.29, 1.82) is 0 Å². The number of nitrogens with zero attached hydrogens (tertiary/aromatic N) is 1. The lowest BCUT2D eigenvalue weighted by atomic mass is 10.1. The first-order valence-corrected chi connectivity index (χ1v) is 6.30. The Labute approximate surface area is 109 Å². The zero-order valence-electron chi connectivity index (χ0n) is 11.5. The number of hydrogen-bond donors (Lipinski definition) is 2. The molecule has 0 saturated carbocycles. The minimum Gasteiger partial charge on any atom is -0.351 e. The van der Waals surface area contributed by atoms with Gasteiger partial charge in [-0.15, -0.1) is 0 Å². The Bertz CT molecular complexity index is 360. The summed E-state index contributed by atoms with van der Waals surface area (Å²) in [5, 5.41) is 6.17. The molecule has 0 aliphatic rings. The first-order chi connectivity index (χ1) is 8.59. The lowest BCUT2D eigenvalue weighted by Crippen LogP contribution is -2.34. The van der Waals surface area contributed by atoms with Crippen molar-refractivity contribution in [1.82, 2.24) is 15.5 Å². The molecule has 0 aliphatic carbocycles. The van der Waals surface area contributed by atoms with Crippen LogP contribution in [0.5, 0.6) is 0 Å². The summed E-state index contributed by atoms with van der Waals surface area (Å²) in [4.78, 5) is 13.9. The maximum absolute atomic E-state index is 11.7. The van der Waals surface area contributed by atoms with Gasteiger partial charge in [-0.25, -0.2) is 0 Å². The number of amides is 1. The van der Waals surface area contributed by atoms with Crippen LogP contribution in [0.4, 0.5) is 0 Å². The van der Waals surface area contributed by atoms with Gasteiger partial charge in [0.05, 0.1) is 0 Å². The van der Waals surface area contributed by atoms with E-state index < -0.39 is 0 Å². The summed E-state index contributed by atoms with van der Waals surface area (Å²) >= 11 is 0. The van der Waals surface area contributed by atoms with Crippen LogP contribution >= 0.6 is 0 Å². The number of hydrogen-bond acceptors (Lipinski definition) is 3. The molecule has 1 amide bonds. The number of carbonyl (C=O) groups excluding carboxylic acids is 1. The Hall–Kier alpha value is -1.39. The van der Waals surface area contributed by atoms with E-state index in [2.05, 4.69) is 15.5 Å². The summed E-state index contributed by atoms with van der Waals surface area (Å²) in [7, 11) is 4.09. The lowest BCUT2D eigenvalue weighted by molar-refractivity contribution is 0.0954. The van der Waals surface area contributed by atoms with Gasteiger partial charge in [-0.1, -0.05) is 17.7 Å². The Kier molecular flexibility index (Phi) is 6.39. The van der Waals surface area contributed by atoms with Crippen LogP contribution in [0.1, 0.15) is 15.9 Å². The van der Waals surface area contributed by atoms with Gasteiger partial charge in [0.2, 0.25) is 0 Å². The normalized spacial score (nSPS) is 10.7. The lowest BCUT2D eigenvalue weighted by Gasteiger charge is -2.10. The number of benzene rings is 1. The number of likely N-dealkylation sites (N-methyl/N-ethyl adjacent to an activating group) is 1. The van der Waals surface area contributed by atoms with Gasteiger partial charge in [0.15, 0.2) is 0 Å². The standard InChI is InChI=1S/C14H23N3O/c1-12-4-6-13(7-5-12)14(18)16-9-8-15-10-11-17(2)3/h4-7,15H,8-11H2,1-3H3,(H,16,18). The number of carbonyl (C=O) groups is 1. The summed E-state index contributed by atoms with van der Waals surface area (Å²) in [6.45, 7) is 5.40. The predicted octanol–water partition coefficient (Wildman–Crippen LogP) is 0.876. The van der Waals surface area contributed by atoms with Crippen LogP contribution in [0.2, 0.25) is 0 Å². The van der Waals surface area contributed by atoms with E-state index in [-0.39, 0.29) is 5.91 Å². The summed E-state index contributed by atoms with van der Waals surface area (Å²) in [5.41, 5.74) is 1.88. The van der Waals surface area contributed by atoms with E-state index in [0.717, 1.165) is 25.2 Å². The predicted molar refractivity (Wildman–Crippen MR) is 74.9 cm³/mol. The average molecular weight is 249 g/mol. The fourth-order valence-electron chi connectivity index (χ4n) is 1.50. The number of aryl methyl sites for hydroxylation is 1. The molecule has 0 saturated heterocycles. The molecule has 0 radical (unpaired) electrons. The number of rotatable bonds is 7. The summed E-state index contributed by atoms with van der Waals surface area (Å²) in [6.07, 6.45) is 0. The van der Waals surface area contributed by atoms with Crippen molar-refractivity contribution < 1.29 is 4.79 Å². The van der Waals surface area contributed by atoms with Gasteiger partial charge in [0.1, 0.15) is 0 Å². The maximum atomic E-state index is 11.7. The zero-order valence-corrected chi connectivity index (χ0v) is 11.5.